The Bertz CT molecular complexity index is 745. The fourth-order valence-corrected chi connectivity index (χ4v) is 3.81. The van der Waals surface area contributed by atoms with E-state index in [-0.39, 0.29) is 5.75 Å². The Hall–Kier alpha value is -1.60. The van der Waals surface area contributed by atoms with Crippen LogP contribution in [0.25, 0.3) is 11.0 Å². The number of hydrogen-bond donors (Lipinski definition) is 1. The summed E-state index contributed by atoms with van der Waals surface area (Å²) in [6.07, 6.45) is 0. The van der Waals surface area contributed by atoms with Crippen LogP contribution in [0.15, 0.2) is 18.2 Å². The highest BCUT2D eigenvalue weighted by molar-refractivity contribution is 7.89. The number of hydrogen-bond acceptors (Lipinski definition) is 4. The molecule has 7 heteroatoms. The van der Waals surface area contributed by atoms with Gasteiger partial charge in [-0.05, 0) is 32.0 Å². The molecule has 0 atom stereocenters. The number of nitrogens with zero attached hydrogens (tertiary/aromatic N) is 3. The van der Waals surface area contributed by atoms with E-state index in [2.05, 4.69) is 20.9 Å². The monoisotopic (exact) mass is 308 g/mol. The zero-order valence-electron chi connectivity index (χ0n) is 12.3. The van der Waals surface area contributed by atoms with Crippen molar-refractivity contribution in [3.8, 4) is 0 Å². The Kier molecular flexibility index (Phi) is 3.62. The normalized spacial score (nSPS) is 17.5. The van der Waals surface area contributed by atoms with Crippen molar-refractivity contribution in [2.75, 3.05) is 36.8 Å². The maximum atomic E-state index is 11.9. The molecule has 2 heterocycles. The van der Waals surface area contributed by atoms with Crippen molar-refractivity contribution in [1.82, 2.24) is 14.3 Å². The summed E-state index contributed by atoms with van der Waals surface area (Å²) in [6.45, 7) is 6.17. The van der Waals surface area contributed by atoms with Crippen molar-refractivity contribution < 1.29 is 8.42 Å². The number of H-pyrrole nitrogens is 1. The van der Waals surface area contributed by atoms with Crippen molar-refractivity contribution in [2.24, 2.45) is 0 Å². The summed E-state index contributed by atoms with van der Waals surface area (Å²) in [4.78, 5) is 9.85. The molecule has 0 spiro atoms. The van der Waals surface area contributed by atoms with Crippen molar-refractivity contribution >= 4 is 26.7 Å². The largest absolute Gasteiger partial charge is 0.369 e. The Morgan fingerprint density at radius 1 is 1.24 bits per heavy atom. The van der Waals surface area contributed by atoms with Crippen LogP contribution in [0, 0.1) is 6.92 Å². The van der Waals surface area contributed by atoms with Gasteiger partial charge in [-0.1, -0.05) is 0 Å². The second-order valence-electron chi connectivity index (χ2n) is 5.31. The summed E-state index contributed by atoms with van der Waals surface area (Å²) < 4.78 is 25.3. The summed E-state index contributed by atoms with van der Waals surface area (Å²) in [5.74, 6) is 1.08. The van der Waals surface area contributed by atoms with E-state index < -0.39 is 10.0 Å². The molecule has 21 heavy (non-hydrogen) atoms. The average molecular weight is 308 g/mol. The molecule has 1 fully saturated rings. The number of piperazine rings is 1. The third kappa shape index (κ3) is 2.75. The molecular formula is C14H20N4O2S. The molecule has 3 rings (SSSR count). The molecule has 0 bridgehead atoms. The third-order valence-electron chi connectivity index (χ3n) is 3.95. The summed E-state index contributed by atoms with van der Waals surface area (Å²) in [6, 6.07) is 6.13. The van der Waals surface area contributed by atoms with Gasteiger partial charge >= 0.3 is 0 Å². The number of benzene rings is 1. The number of fused-ring (bicyclic) bond motifs is 1. The first kappa shape index (κ1) is 14.3. The summed E-state index contributed by atoms with van der Waals surface area (Å²) in [5, 5.41) is 0. The molecule has 1 N–H and O–H groups in total. The van der Waals surface area contributed by atoms with Crippen LogP contribution in [0.2, 0.25) is 0 Å². The van der Waals surface area contributed by atoms with E-state index in [0.29, 0.717) is 13.1 Å². The van der Waals surface area contributed by atoms with Crippen LogP contribution in [0.4, 0.5) is 5.69 Å². The highest BCUT2D eigenvalue weighted by Crippen LogP contribution is 2.22. The van der Waals surface area contributed by atoms with E-state index >= 15 is 0 Å². The SMILES string of the molecule is CCS(=O)(=O)N1CCN(c2ccc3nc(C)[nH]c3c2)CC1. The molecule has 2 aromatic rings. The molecule has 1 aromatic heterocycles. The minimum Gasteiger partial charge on any atom is -0.369 e. The number of nitrogens with one attached hydrogen (secondary N) is 1. The Morgan fingerprint density at radius 3 is 2.62 bits per heavy atom. The minimum absolute atomic E-state index is 0.173. The lowest BCUT2D eigenvalue weighted by molar-refractivity contribution is 0.385. The van der Waals surface area contributed by atoms with Gasteiger partial charge in [-0.3, -0.25) is 0 Å². The molecule has 0 radical (unpaired) electrons. The third-order valence-corrected chi connectivity index (χ3v) is 5.83. The van der Waals surface area contributed by atoms with E-state index in [4.69, 9.17) is 0 Å². The van der Waals surface area contributed by atoms with E-state index in [1.165, 1.54) is 0 Å². The molecule has 6 nitrogen and oxygen atoms in total. The van der Waals surface area contributed by atoms with Crippen molar-refractivity contribution in [2.45, 2.75) is 13.8 Å². The number of rotatable bonds is 3. The predicted octanol–water partition coefficient (Wildman–Crippen LogP) is 1.34. The number of imidazole rings is 1. The molecule has 114 valence electrons. The topological polar surface area (TPSA) is 69.3 Å². The quantitative estimate of drug-likeness (QED) is 0.929. The number of aromatic amines is 1. The second kappa shape index (κ2) is 5.31. The van der Waals surface area contributed by atoms with Gasteiger partial charge in [-0.25, -0.2) is 13.4 Å². The molecule has 0 unspecified atom stereocenters. The van der Waals surface area contributed by atoms with Gasteiger partial charge in [0.15, 0.2) is 0 Å². The van der Waals surface area contributed by atoms with E-state index in [9.17, 15) is 8.42 Å². The molecule has 1 aliphatic rings. The van der Waals surface area contributed by atoms with Gasteiger partial charge in [0.1, 0.15) is 5.82 Å². The molecular weight excluding hydrogens is 288 g/mol. The van der Waals surface area contributed by atoms with Crippen LogP contribution in [-0.2, 0) is 10.0 Å². The van der Waals surface area contributed by atoms with E-state index in [0.717, 1.165) is 35.6 Å². The molecule has 1 saturated heterocycles. The first-order valence-corrected chi connectivity index (χ1v) is 8.79. The number of anilines is 1. The number of aryl methyl sites for hydroxylation is 1. The van der Waals surface area contributed by atoms with Crippen LogP contribution < -0.4 is 4.90 Å². The van der Waals surface area contributed by atoms with Crippen LogP contribution in [0.5, 0.6) is 0 Å². The maximum Gasteiger partial charge on any atom is 0.213 e. The Morgan fingerprint density at radius 2 is 1.95 bits per heavy atom. The maximum absolute atomic E-state index is 11.9. The first-order valence-electron chi connectivity index (χ1n) is 7.19. The first-order chi connectivity index (χ1) is 9.99. The highest BCUT2D eigenvalue weighted by atomic mass is 32.2. The van der Waals surface area contributed by atoms with Gasteiger partial charge in [0.25, 0.3) is 0 Å². The minimum atomic E-state index is -3.07. The van der Waals surface area contributed by atoms with Crippen molar-refractivity contribution in [1.29, 1.82) is 0 Å². The smallest absolute Gasteiger partial charge is 0.213 e. The second-order valence-corrected chi connectivity index (χ2v) is 7.57. The van der Waals surface area contributed by atoms with Crippen LogP contribution >= 0.6 is 0 Å². The van der Waals surface area contributed by atoms with Crippen molar-refractivity contribution in [3.05, 3.63) is 24.0 Å². The Balaban J connectivity index is 1.76. The molecule has 0 amide bonds. The Labute approximate surface area is 124 Å². The molecule has 0 aliphatic carbocycles. The zero-order chi connectivity index (χ0) is 15.0. The molecule has 1 aromatic carbocycles. The van der Waals surface area contributed by atoms with Gasteiger partial charge < -0.3 is 9.88 Å². The standard InChI is InChI=1S/C14H20N4O2S/c1-3-21(19,20)18-8-6-17(7-9-18)12-4-5-13-14(10-12)16-11(2)15-13/h4-5,10H,3,6-9H2,1-2H3,(H,15,16). The molecule has 1 aliphatic heterocycles. The van der Waals surface area contributed by atoms with Crippen LogP contribution in [0.3, 0.4) is 0 Å². The van der Waals surface area contributed by atoms with Gasteiger partial charge in [-0.2, -0.15) is 4.31 Å². The zero-order valence-corrected chi connectivity index (χ0v) is 13.2. The lowest BCUT2D eigenvalue weighted by atomic mass is 10.2. The number of aromatic nitrogens is 2. The van der Waals surface area contributed by atoms with E-state index in [1.807, 2.05) is 19.1 Å². The fraction of sp³-hybridized carbons (Fsp3) is 0.500. The van der Waals surface area contributed by atoms with E-state index in [1.54, 1.807) is 11.2 Å². The van der Waals surface area contributed by atoms with Gasteiger partial charge in [0, 0.05) is 31.9 Å². The van der Waals surface area contributed by atoms with Gasteiger partial charge in [-0.15, -0.1) is 0 Å². The van der Waals surface area contributed by atoms with Crippen LogP contribution in [-0.4, -0.2) is 54.6 Å². The summed E-state index contributed by atoms with van der Waals surface area (Å²) in [5.41, 5.74) is 3.09. The number of sulfonamides is 1. The van der Waals surface area contributed by atoms with Gasteiger partial charge in [0.05, 0.1) is 16.8 Å². The lowest BCUT2D eigenvalue weighted by Gasteiger charge is -2.35. The fourth-order valence-electron chi connectivity index (χ4n) is 2.73. The van der Waals surface area contributed by atoms with Gasteiger partial charge in [0.2, 0.25) is 10.0 Å². The lowest BCUT2D eigenvalue weighted by Crippen LogP contribution is -2.49. The van der Waals surface area contributed by atoms with Crippen LogP contribution in [0.1, 0.15) is 12.7 Å². The summed E-state index contributed by atoms with van der Waals surface area (Å²) >= 11 is 0. The average Bonchev–Trinajstić information content (AvgIpc) is 2.86. The van der Waals surface area contributed by atoms with Crippen molar-refractivity contribution in [3.63, 3.8) is 0 Å². The highest BCUT2D eigenvalue weighted by Gasteiger charge is 2.25. The molecule has 0 saturated carbocycles. The predicted molar refractivity (Wildman–Crippen MR) is 84.1 cm³/mol. The summed E-state index contributed by atoms with van der Waals surface area (Å²) in [7, 11) is -3.07.